The molecular weight excluding hydrogens is 324 g/mol. The van der Waals surface area contributed by atoms with E-state index in [4.69, 9.17) is 14.2 Å². The summed E-state index contributed by atoms with van der Waals surface area (Å²) in [5, 5.41) is 2.21. The standard InChI is InChI=1S/C23H34O3/c1-4-6-8-10-16-25-20-13-14-21-19(18-20)12-15-22(24-3)23(21)26-17-11-9-7-5-2/h12-15,18H,4-11,16-17H2,1-3H3. The lowest BCUT2D eigenvalue weighted by Crippen LogP contribution is -2.01. The van der Waals surface area contributed by atoms with E-state index < -0.39 is 0 Å². The van der Waals surface area contributed by atoms with Crippen LogP contribution in [0.5, 0.6) is 17.2 Å². The van der Waals surface area contributed by atoms with Gasteiger partial charge >= 0.3 is 0 Å². The summed E-state index contributed by atoms with van der Waals surface area (Å²) in [4.78, 5) is 0. The highest BCUT2D eigenvalue weighted by molar-refractivity contribution is 5.91. The van der Waals surface area contributed by atoms with Crippen LogP contribution in [-0.2, 0) is 0 Å². The second kappa shape index (κ2) is 11.7. The number of benzene rings is 2. The van der Waals surface area contributed by atoms with E-state index in [0.29, 0.717) is 0 Å². The number of rotatable bonds is 13. The molecule has 0 bridgehead atoms. The third-order valence-corrected chi connectivity index (χ3v) is 4.64. The molecule has 0 radical (unpaired) electrons. The van der Waals surface area contributed by atoms with Crippen LogP contribution in [0.3, 0.4) is 0 Å². The molecule has 0 saturated heterocycles. The molecule has 26 heavy (non-hydrogen) atoms. The summed E-state index contributed by atoms with van der Waals surface area (Å²) >= 11 is 0. The third kappa shape index (κ3) is 6.12. The molecule has 0 atom stereocenters. The molecule has 2 rings (SSSR count). The van der Waals surface area contributed by atoms with Gasteiger partial charge in [-0.3, -0.25) is 0 Å². The maximum atomic E-state index is 6.09. The van der Waals surface area contributed by atoms with Crippen LogP contribution in [0.4, 0.5) is 0 Å². The molecule has 0 amide bonds. The van der Waals surface area contributed by atoms with E-state index in [-0.39, 0.29) is 0 Å². The van der Waals surface area contributed by atoms with Gasteiger partial charge in [-0.15, -0.1) is 0 Å². The van der Waals surface area contributed by atoms with E-state index in [2.05, 4.69) is 32.0 Å². The van der Waals surface area contributed by atoms with Crippen LogP contribution >= 0.6 is 0 Å². The molecular formula is C23H34O3. The van der Waals surface area contributed by atoms with E-state index in [1.165, 1.54) is 38.5 Å². The van der Waals surface area contributed by atoms with Crippen molar-refractivity contribution in [2.75, 3.05) is 20.3 Å². The van der Waals surface area contributed by atoms with E-state index in [1.54, 1.807) is 7.11 Å². The quantitative estimate of drug-likeness (QED) is 0.370. The molecule has 0 fully saturated rings. The summed E-state index contributed by atoms with van der Waals surface area (Å²) in [6, 6.07) is 10.3. The van der Waals surface area contributed by atoms with Gasteiger partial charge in [0.25, 0.3) is 0 Å². The van der Waals surface area contributed by atoms with Gasteiger partial charge in [0.05, 0.1) is 20.3 Å². The zero-order valence-electron chi connectivity index (χ0n) is 16.7. The molecule has 0 saturated carbocycles. The second-order valence-corrected chi connectivity index (χ2v) is 6.80. The number of hydrogen-bond acceptors (Lipinski definition) is 3. The molecule has 144 valence electrons. The van der Waals surface area contributed by atoms with Gasteiger partial charge in [-0.2, -0.15) is 0 Å². The molecule has 0 heterocycles. The van der Waals surface area contributed by atoms with Gasteiger partial charge in [-0.05, 0) is 42.5 Å². The Morgan fingerprint density at radius 3 is 2.08 bits per heavy atom. The van der Waals surface area contributed by atoms with Gasteiger partial charge in [0, 0.05) is 5.39 Å². The van der Waals surface area contributed by atoms with Crippen LogP contribution in [0.2, 0.25) is 0 Å². The van der Waals surface area contributed by atoms with Crippen LogP contribution in [0, 0.1) is 0 Å². The van der Waals surface area contributed by atoms with Gasteiger partial charge in [0.2, 0.25) is 0 Å². The minimum atomic E-state index is 0.727. The maximum absolute atomic E-state index is 6.09. The highest BCUT2D eigenvalue weighted by Gasteiger charge is 2.11. The topological polar surface area (TPSA) is 27.7 Å². The Kier molecular flexibility index (Phi) is 9.16. The first-order valence-electron chi connectivity index (χ1n) is 10.2. The first-order valence-corrected chi connectivity index (χ1v) is 10.2. The predicted molar refractivity (Wildman–Crippen MR) is 110 cm³/mol. The molecule has 2 aromatic rings. The monoisotopic (exact) mass is 358 g/mol. The fourth-order valence-electron chi connectivity index (χ4n) is 3.08. The van der Waals surface area contributed by atoms with Crippen molar-refractivity contribution in [1.82, 2.24) is 0 Å². The van der Waals surface area contributed by atoms with Crippen molar-refractivity contribution in [1.29, 1.82) is 0 Å². The molecule has 0 unspecified atom stereocenters. The molecule has 3 nitrogen and oxygen atoms in total. The van der Waals surface area contributed by atoms with Crippen LogP contribution in [0.15, 0.2) is 30.3 Å². The number of ether oxygens (including phenoxy) is 3. The van der Waals surface area contributed by atoms with Gasteiger partial charge < -0.3 is 14.2 Å². The minimum Gasteiger partial charge on any atom is -0.494 e. The van der Waals surface area contributed by atoms with Crippen LogP contribution in [0.1, 0.15) is 65.2 Å². The normalized spacial score (nSPS) is 10.9. The van der Waals surface area contributed by atoms with Gasteiger partial charge in [-0.1, -0.05) is 58.4 Å². The summed E-state index contributed by atoms with van der Waals surface area (Å²) in [6.07, 6.45) is 9.65. The zero-order valence-corrected chi connectivity index (χ0v) is 16.7. The van der Waals surface area contributed by atoms with E-state index in [9.17, 15) is 0 Å². The summed E-state index contributed by atoms with van der Waals surface area (Å²) in [7, 11) is 1.69. The molecule has 0 aromatic heterocycles. The van der Waals surface area contributed by atoms with E-state index in [0.717, 1.165) is 54.1 Å². The van der Waals surface area contributed by atoms with E-state index in [1.807, 2.05) is 12.1 Å². The molecule has 0 N–H and O–H groups in total. The Bertz CT molecular complexity index is 651. The van der Waals surface area contributed by atoms with Crippen molar-refractivity contribution < 1.29 is 14.2 Å². The van der Waals surface area contributed by atoms with Crippen molar-refractivity contribution in [2.45, 2.75) is 65.2 Å². The van der Waals surface area contributed by atoms with Gasteiger partial charge in [-0.25, -0.2) is 0 Å². The molecule has 0 aliphatic rings. The molecule has 2 aromatic carbocycles. The van der Waals surface area contributed by atoms with Crippen LogP contribution in [0.25, 0.3) is 10.8 Å². The zero-order chi connectivity index (χ0) is 18.6. The Hall–Kier alpha value is -1.90. The lowest BCUT2D eigenvalue weighted by atomic mass is 10.1. The Morgan fingerprint density at radius 2 is 1.42 bits per heavy atom. The Labute approximate surface area is 158 Å². The fraction of sp³-hybridized carbons (Fsp3) is 0.565. The largest absolute Gasteiger partial charge is 0.494 e. The van der Waals surface area contributed by atoms with Crippen molar-refractivity contribution in [3.63, 3.8) is 0 Å². The van der Waals surface area contributed by atoms with Crippen molar-refractivity contribution in [3.05, 3.63) is 30.3 Å². The predicted octanol–water partition coefficient (Wildman–Crippen LogP) is 6.77. The fourth-order valence-corrected chi connectivity index (χ4v) is 3.08. The summed E-state index contributed by atoms with van der Waals surface area (Å²) < 4.78 is 17.5. The van der Waals surface area contributed by atoms with E-state index >= 15 is 0 Å². The Balaban J connectivity index is 2.04. The van der Waals surface area contributed by atoms with Crippen molar-refractivity contribution in [2.24, 2.45) is 0 Å². The lowest BCUT2D eigenvalue weighted by molar-refractivity contribution is 0.288. The second-order valence-electron chi connectivity index (χ2n) is 6.80. The highest BCUT2D eigenvalue weighted by Crippen LogP contribution is 2.37. The maximum Gasteiger partial charge on any atom is 0.168 e. The van der Waals surface area contributed by atoms with Crippen molar-refractivity contribution >= 4 is 10.8 Å². The molecule has 3 heteroatoms. The van der Waals surface area contributed by atoms with Gasteiger partial charge in [0.1, 0.15) is 5.75 Å². The number of fused-ring (bicyclic) bond motifs is 1. The molecule has 0 spiro atoms. The van der Waals surface area contributed by atoms with Gasteiger partial charge in [0.15, 0.2) is 11.5 Å². The van der Waals surface area contributed by atoms with Crippen LogP contribution < -0.4 is 14.2 Å². The minimum absolute atomic E-state index is 0.727. The highest BCUT2D eigenvalue weighted by atomic mass is 16.5. The smallest absolute Gasteiger partial charge is 0.168 e. The first-order chi connectivity index (χ1) is 12.8. The Morgan fingerprint density at radius 1 is 0.731 bits per heavy atom. The lowest BCUT2D eigenvalue weighted by Gasteiger charge is -2.14. The average molecular weight is 359 g/mol. The summed E-state index contributed by atoms with van der Waals surface area (Å²) in [5.74, 6) is 2.56. The summed E-state index contributed by atoms with van der Waals surface area (Å²) in [6.45, 7) is 5.95. The molecule has 0 aliphatic heterocycles. The molecule has 0 aliphatic carbocycles. The number of hydrogen-bond donors (Lipinski definition) is 0. The number of methoxy groups -OCH3 is 1. The third-order valence-electron chi connectivity index (χ3n) is 4.64. The average Bonchev–Trinajstić information content (AvgIpc) is 2.67. The SMILES string of the molecule is CCCCCCOc1ccc2c(OCCCCCC)c(OC)ccc2c1. The first kappa shape index (κ1) is 20.4. The van der Waals surface area contributed by atoms with Crippen molar-refractivity contribution in [3.8, 4) is 17.2 Å². The summed E-state index contributed by atoms with van der Waals surface area (Å²) in [5.41, 5.74) is 0. The van der Waals surface area contributed by atoms with Crippen LogP contribution in [-0.4, -0.2) is 20.3 Å². The number of unbranched alkanes of at least 4 members (excludes halogenated alkanes) is 6.